The molecular formula is C40H48N8O9. The van der Waals surface area contributed by atoms with Crippen LogP contribution in [0.5, 0.6) is 23.3 Å². The van der Waals surface area contributed by atoms with Gasteiger partial charge in [-0.05, 0) is 63.5 Å². The summed E-state index contributed by atoms with van der Waals surface area (Å²) in [6, 6.07) is 8.42. The molecular weight excluding hydrogens is 736 g/mol. The summed E-state index contributed by atoms with van der Waals surface area (Å²) in [6.07, 6.45) is 10.3. The fraction of sp³-hybridized carbons (Fsp3) is 0.500. The molecule has 8 rings (SSSR count). The summed E-state index contributed by atoms with van der Waals surface area (Å²) in [4.78, 5) is 57.7. The number of methoxy groups -OCH3 is 2. The fourth-order valence-electron chi connectivity index (χ4n) is 7.52. The largest absolute Gasteiger partial charge is 0.486 e. The molecule has 5 aromatic heterocycles. The minimum absolute atomic E-state index is 0.166. The summed E-state index contributed by atoms with van der Waals surface area (Å²) < 4.78 is 24.5. The highest BCUT2D eigenvalue weighted by Crippen LogP contribution is 2.33. The number of nitrogens with one attached hydrogen (secondary N) is 1. The Kier molecular flexibility index (Phi) is 12.1. The molecule has 0 bridgehead atoms. The van der Waals surface area contributed by atoms with E-state index in [1.165, 1.54) is 43.3 Å². The van der Waals surface area contributed by atoms with Gasteiger partial charge in [-0.25, -0.2) is 9.97 Å². The van der Waals surface area contributed by atoms with Crippen LogP contribution in [0.4, 0.5) is 0 Å². The van der Waals surface area contributed by atoms with E-state index in [-0.39, 0.29) is 16.9 Å². The number of carbonyl (C=O) groups excluding carboxylic acids is 1. The second-order valence-electron chi connectivity index (χ2n) is 14.9. The van der Waals surface area contributed by atoms with Gasteiger partial charge in [0.25, 0.3) is 11.1 Å². The van der Waals surface area contributed by atoms with Crippen LogP contribution in [0.1, 0.15) is 69.9 Å². The van der Waals surface area contributed by atoms with E-state index >= 15 is 0 Å². The van der Waals surface area contributed by atoms with Crippen LogP contribution in [0, 0.1) is 0 Å². The van der Waals surface area contributed by atoms with Crippen molar-refractivity contribution in [3.05, 3.63) is 75.3 Å². The maximum atomic E-state index is 12.5. The van der Waals surface area contributed by atoms with Gasteiger partial charge in [0.15, 0.2) is 22.8 Å². The van der Waals surface area contributed by atoms with Crippen LogP contribution in [0.25, 0.3) is 22.3 Å². The Labute approximate surface area is 328 Å². The van der Waals surface area contributed by atoms with Crippen molar-refractivity contribution in [1.82, 2.24) is 39.4 Å². The maximum absolute atomic E-state index is 12.5. The molecule has 3 N–H and O–H groups in total. The number of pyridine rings is 3. The number of aromatic nitrogens is 7. The summed E-state index contributed by atoms with van der Waals surface area (Å²) in [5.41, 5.74) is 0.936. The Morgan fingerprint density at radius 1 is 0.737 bits per heavy atom. The van der Waals surface area contributed by atoms with E-state index in [0.29, 0.717) is 130 Å². The number of aryl methyl sites for hydroxylation is 2. The number of aliphatic hydroxyl groups is 2. The number of carbonyl (C=O) groups is 1. The standard InChI is InChI=1S/C24H29N5O5.C16H19N3O4/c1-32-21-15-27-18-2-3-22(30)29(23(18)28-21)9-8-24(31)6-4-16(5-7-24)25-13-17-12-19-20(14-26-17)34-11-10-33-19;1-23-13-10-17-12-2-3-14(21)19(15(12)18-13)9-8-16(22)6-4-11(20)5-7-16/h2-3,12,14-16,25,31H,4-11,13H2,1H3;2-3,10,22H,4-9H2,1H3. The van der Waals surface area contributed by atoms with Crippen LogP contribution < -0.4 is 35.4 Å². The van der Waals surface area contributed by atoms with Gasteiger partial charge in [0.05, 0.1) is 49.7 Å². The summed E-state index contributed by atoms with van der Waals surface area (Å²) in [5.74, 6) is 2.30. The molecule has 0 aromatic carbocycles. The monoisotopic (exact) mass is 784 g/mol. The number of ether oxygens (including phenoxy) is 4. The molecule has 2 fully saturated rings. The van der Waals surface area contributed by atoms with E-state index in [2.05, 4.69) is 30.2 Å². The summed E-state index contributed by atoms with van der Waals surface area (Å²) in [7, 11) is 3.00. The molecule has 2 aliphatic carbocycles. The van der Waals surface area contributed by atoms with Crippen molar-refractivity contribution in [3.8, 4) is 23.3 Å². The second kappa shape index (κ2) is 17.3. The number of Topliss-reactive ketones (excluding diaryl/α,β-unsaturated/α-hetero) is 1. The number of fused-ring (bicyclic) bond motifs is 3. The molecule has 17 nitrogen and oxygen atoms in total. The van der Waals surface area contributed by atoms with Gasteiger partial charge in [-0.3, -0.25) is 28.5 Å². The fourth-order valence-corrected chi connectivity index (χ4v) is 7.52. The van der Waals surface area contributed by atoms with Crippen molar-refractivity contribution in [1.29, 1.82) is 0 Å². The van der Waals surface area contributed by atoms with Gasteiger partial charge in [-0.15, -0.1) is 0 Å². The Bertz CT molecular complexity index is 2330. The van der Waals surface area contributed by atoms with E-state index in [0.717, 1.165) is 24.3 Å². The van der Waals surface area contributed by atoms with Gasteiger partial charge >= 0.3 is 0 Å². The molecule has 0 spiro atoms. The number of rotatable bonds is 11. The van der Waals surface area contributed by atoms with Crippen LogP contribution in [-0.2, 0) is 24.4 Å². The number of ketones is 1. The average Bonchev–Trinajstić information content (AvgIpc) is 3.23. The molecule has 0 unspecified atom stereocenters. The van der Waals surface area contributed by atoms with Gasteiger partial charge in [0.2, 0.25) is 11.8 Å². The van der Waals surface area contributed by atoms with Crippen LogP contribution >= 0.6 is 0 Å². The first kappa shape index (κ1) is 39.7. The van der Waals surface area contributed by atoms with Crippen molar-refractivity contribution in [3.63, 3.8) is 0 Å². The quantitative estimate of drug-likeness (QED) is 0.176. The van der Waals surface area contributed by atoms with E-state index < -0.39 is 11.2 Å². The van der Waals surface area contributed by atoms with Crippen molar-refractivity contribution >= 4 is 28.1 Å². The van der Waals surface area contributed by atoms with Crippen LogP contribution in [0.3, 0.4) is 0 Å². The first-order valence-corrected chi connectivity index (χ1v) is 19.3. The Morgan fingerprint density at radius 3 is 1.81 bits per heavy atom. The predicted molar refractivity (Wildman–Crippen MR) is 208 cm³/mol. The van der Waals surface area contributed by atoms with E-state index in [9.17, 15) is 24.6 Å². The van der Waals surface area contributed by atoms with Gasteiger partial charge in [0, 0.05) is 56.7 Å². The lowest BCUT2D eigenvalue weighted by atomic mass is 9.80. The summed E-state index contributed by atoms with van der Waals surface area (Å²) >= 11 is 0. The maximum Gasteiger partial charge on any atom is 0.252 e. The minimum atomic E-state index is -0.901. The molecule has 0 amide bonds. The van der Waals surface area contributed by atoms with Crippen molar-refractivity contribution in [2.45, 2.75) is 101 Å². The molecule has 0 saturated heterocycles. The van der Waals surface area contributed by atoms with Crippen LogP contribution in [-0.4, -0.2) is 94.7 Å². The molecule has 0 radical (unpaired) electrons. The van der Waals surface area contributed by atoms with E-state index in [1.807, 2.05) is 6.07 Å². The first-order chi connectivity index (χ1) is 27.5. The molecule has 17 heteroatoms. The Hall–Kier alpha value is -5.52. The van der Waals surface area contributed by atoms with Gasteiger partial charge in [-0.1, -0.05) is 0 Å². The second-order valence-corrected chi connectivity index (χ2v) is 14.9. The minimum Gasteiger partial charge on any atom is -0.486 e. The number of hydrogen-bond acceptors (Lipinski definition) is 15. The Balaban J connectivity index is 0.000000188. The molecule has 1 aliphatic heterocycles. The van der Waals surface area contributed by atoms with Crippen molar-refractivity contribution < 1.29 is 34.0 Å². The average molecular weight is 785 g/mol. The zero-order chi connectivity index (χ0) is 40.0. The Morgan fingerprint density at radius 2 is 1.26 bits per heavy atom. The van der Waals surface area contributed by atoms with Gasteiger partial charge in [-0.2, -0.15) is 9.97 Å². The van der Waals surface area contributed by atoms with Crippen molar-refractivity contribution in [2.24, 2.45) is 0 Å². The SMILES string of the molecule is COc1cnc2ccc(=O)n(CCC3(O)CCC(=O)CC3)c2n1.COc1cnc2ccc(=O)n(CCC3(O)CCC(NCc4cc5c(cn4)OCCO5)CC3)c2n1. The van der Waals surface area contributed by atoms with Gasteiger partial charge in [0.1, 0.15) is 30.0 Å². The highest BCUT2D eigenvalue weighted by molar-refractivity contribution is 5.79. The summed E-state index contributed by atoms with van der Waals surface area (Å²) in [5, 5.41) is 25.3. The molecule has 57 heavy (non-hydrogen) atoms. The number of nitrogens with zero attached hydrogens (tertiary/aromatic N) is 7. The lowest BCUT2D eigenvalue weighted by molar-refractivity contribution is -0.125. The third-order valence-electron chi connectivity index (χ3n) is 11.1. The lowest BCUT2D eigenvalue weighted by Gasteiger charge is -2.36. The van der Waals surface area contributed by atoms with Crippen LogP contribution in [0.15, 0.2) is 58.5 Å². The summed E-state index contributed by atoms with van der Waals surface area (Å²) in [6.45, 7) is 2.42. The van der Waals surface area contributed by atoms with E-state index in [1.54, 1.807) is 22.9 Å². The first-order valence-electron chi connectivity index (χ1n) is 19.3. The lowest BCUT2D eigenvalue weighted by Crippen LogP contribution is -2.42. The van der Waals surface area contributed by atoms with E-state index in [4.69, 9.17) is 18.9 Å². The molecule has 3 aliphatic rings. The molecule has 2 saturated carbocycles. The smallest absolute Gasteiger partial charge is 0.252 e. The van der Waals surface area contributed by atoms with Crippen LogP contribution in [0.2, 0.25) is 0 Å². The third kappa shape index (κ3) is 9.55. The topological polar surface area (TPSA) is 215 Å². The third-order valence-corrected chi connectivity index (χ3v) is 11.1. The molecule has 5 aromatic rings. The molecule has 0 atom stereocenters. The van der Waals surface area contributed by atoms with Crippen molar-refractivity contribution in [2.75, 3.05) is 27.4 Å². The van der Waals surface area contributed by atoms with Gasteiger partial charge < -0.3 is 34.5 Å². The normalized spacial score (nSPS) is 20.1. The highest BCUT2D eigenvalue weighted by Gasteiger charge is 2.34. The predicted octanol–water partition coefficient (Wildman–Crippen LogP) is 2.88. The zero-order valence-electron chi connectivity index (χ0n) is 32.2. The molecule has 6 heterocycles. The highest BCUT2D eigenvalue weighted by atomic mass is 16.6. The molecule has 302 valence electrons. The zero-order valence-corrected chi connectivity index (χ0v) is 32.2. The number of hydrogen-bond donors (Lipinski definition) is 3.